The molecule has 0 aliphatic carbocycles. The smallest absolute Gasteiger partial charge is 0.150 e. The van der Waals surface area contributed by atoms with Crippen molar-refractivity contribution < 1.29 is 4.39 Å². The Labute approximate surface area is 106 Å². The number of piperidine rings is 1. The molecule has 4 heteroatoms. The molecule has 18 heavy (non-hydrogen) atoms. The molecule has 1 aromatic heterocycles. The van der Waals surface area contributed by atoms with Crippen molar-refractivity contribution in [2.75, 3.05) is 18.0 Å². The summed E-state index contributed by atoms with van der Waals surface area (Å²) in [6.07, 6.45) is 3.78. The molecule has 0 atom stereocenters. The van der Waals surface area contributed by atoms with Gasteiger partial charge >= 0.3 is 0 Å². The zero-order valence-electron chi connectivity index (χ0n) is 10.2. The zero-order chi connectivity index (χ0) is 12.4. The fraction of sp³-hybridized carbons (Fsp3) is 0.357. The van der Waals surface area contributed by atoms with Gasteiger partial charge in [0, 0.05) is 19.2 Å². The third-order valence-electron chi connectivity index (χ3n) is 3.40. The van der Waals surface area contributed by atoms with E-state index >= 15 is 0 Å². The van der Waals surface area contributed by atoms with Crippen LogP contribution in [0.3, 0.4) is 0 Å². The van der Waals surface area contributed by atoms with Gasteiger partial charge in [-0.25, -0.2) is 4.39 Å². The topological polar surface area (TPSA) is 31.9 Å². The number of benzene rings is 1. The van der Waals surface area contributed by atoms with Gasteiger partial charge in [-0.15, -0.1) is 0 Å². The van der Waals surface area contributed by atoms with Gasteiger partial charge in [-0.3, -0.25) is 5.10 Å². The standard InChI is InChI=1S/C14H16FN3/c15-12-6-4-11(5-7-12)13-10-14(17-16-13)18-8-2-1-3-9-18/h4-7,10H,1-3,8-9H2,(H,16,17). The van der Waals surface area contributed by atoms with Crippen LogP contribution in [0.15, 0.2) is 30.3 Å². The quantitative estimate of drug-likeness (QED) is 0.881. The van der Waals surface area contributed by atoms with Gasteiger partial charge in [0.05, 0.1) is 5.69 Å². The Hall–Kier alpha value is -1.84. The lowest BCUT2D eigenvalue weighted by atomic mass is 10.1. The minimum Gasteiger partial charge on any atom is -0.355 e. The van der Waals surface area contributed by atoms with E-state index in [-0.39, 0.29) is 5.82 Å². The summed E-state index contributed by atoms with van der Waals surface area (Å²) in [6, 6.07) is 8.51. The van der Waals surface area contributed by atoms with E-state index in [1.54, 1.807) is 12.1 Å². The van der Waals surface area contributed by atoms with Gasteiger partial charge in [-0.2, -0.15) is 5.10 Å². The highest BCUT2D eigenvalue weighted by Crippen LogP contribution is 2.24. The second-order valence-electron chi connectivity index (χ2n) is 4.69. The van der Waals surface area contributed by atoms with Crippen molar-refractivity contribution in [2.45, 2.75) is 19.3 Å². The highest BCUT2D eigenvalue weighted by molar-refractivity contribution is 5.63. The average Bonchev–Trinajstić information content (AvgIpc) is 2.90. The first-order valence-electron chi connectivity index (χ1n) is 6.39. The van der Waals surface area contributed by atoms with E-state index < -0.39 is 0 Å². The molecule has 3 rings (SSSR count). The number of nitrogens with one attached hydrogen (secondary N) is 1. The van der Waals surface area contributed by atoms with Crippen LogP contribution in [0.1, 0.15) is 19.3 Å². The number of hydrogen-bond acceptors (Lipinski definition) is 2. The Morgan fingerprint density at radius 2 is 1.78 bits per heavy atom. The van der Waals surface area contributed by atoms with Crippen LogP contribution in [0.2, 0.25) is 0 Å². The fourth-order valence-corrected chi connectivity index (χ4v) is 2.37. The Bertz CT molecular complexity index is 512. The van der Waals surface area contributed by atoms with Crippen molar-refractivity contribution in [1.29, 1.82) is 0 Å². The summed E-state index contributed by atoms with van der Waals surface area (Å²) in [5.74, 6) is 0.781. The van der Waals surface area contributed by atoms with Crippen LogP contribution in [0, 0.1) is 5.82 Å². The largest absolute Gasteiger partial charge is 0.355 e. The molecule has 0 unspecified atom stereocenters. The van der Waals surface area contributed by atoms with Crippen LogP contribution in [0.25, 0.3) is 11.3 Å². The highest BCUT2D eigenvalue weighted by Gasteiger charge is 2.14. The van der Waals surface area contributed by atoms with Gasteiger partial charge in [-0.05, 0) is 49.1 Å². The van der Waals surface area contributed by atoms with E-state index in [0.717, 1.165) is 30.2 Å². The van der Waals surface area contributed by atoms with Crippen LogP contribution >= 0.6 is 0 Å². The number of halogens is 1. The molecule has 1 saturated heterocycles. The molecule has 0 saturated carbocycles. The van der Waals surface area contributed by atoms with Gasteiger partial charge in [-0.1, -0.05) is 0 Å². The van der Waals surface area contributed by atoms with Gasteiger partial charge in [0.25, 0.3) is 0 Å². The summed E-state index contributed by atoms with van der Waals surface area (Å²) in [7, 11) is 0. The maximum absolute atomic E-state index is 12.9. The van der Waals surface area contributed by atoms with Gasteiger partial charge in [0.1, 0.15) is 5.82 Å². The normalized spacial score (nSPS) is 15.9. The van der Waals surface area contributed by atoms with E-state index in [2.05, 4.69) is 15.1 Å². The molecule has 94 valence electrons. The lowest BCUT2D eigenvalue weighted by Gasteiger charge is -2.26. The van der Waals surface area contributed by atoms with Crippen molar-refractivity contribution in [2.24, 2.45) is 0 Å². The lowest BCUT2D eigenvalue weighted by molar-refractivity contribution is 0.573. The maximum Gasteiger partial charge on any atom is 0.150 e. The Morgan fingerprint density at radius 1 is 1.06 bits per heavy atom. The Balaban J connectivity index is 1.82. The maximum atomic E-state index is 12.9. The van der Waals surface area contributed by atoms with Crippen molar-refractivity contribution in [3.63, 3.8) is 0 Å². The zero-order valence-corrected chi connectivity index (χ0v) is 10.2. The fourth-order valence-electron chi connectivity index (χ4n) is 2.37. The van der Waals surface area contributed by atoms with Crippen LogP contribution in [0.4, 0.5) is 10.2 Å². The third-order valence-corrected chi connectivity index (χ3v) is 3.40. The molecular formula is C14H16FN3. The number of anilines is 1. The van der Waals surface area contributed by atoms with Gasteiger partial charge < -0.3 is 4.90 Å². The number of H-pyrrole nitrogens is 1. The molecular weight excluding hydrogens is 229 g/mol. The molecule has 0 radical (unpaired) electrons. The minimum atomic E-state index is -0.213. The van der Waals surface area contributed by atoms with Crippen molar-refractivity contribution >= 4 is 5.82 Å². The first kappa shape index (κ1) is 11.3. The Kier molecular flexibility index (Phi) is 3.00. The van der Waals surface area contributed by atoms with Gasteiger partial charge in [0.2, 0.25) is 0 Å². The Morgan fingerprint density at radius 3 is 2.50 bits per heavy atom. The monoisotopic (exact) mass is 245 g/mol. The van der Waals surface area contributed by atoms with Crippen LogP contribution in [-0.4, -0.2) is 23.3 Å². The molecule has 2 heterocycles. The molecule has 1 fully saturated rings. The van der Waals surface area contributed by atoms with E-state index in [1.165, 1.54) is 31.4 Å². The summed E-state index contributed by atoms with van der Waals surface area (Å²) in [6.45, 7) is 2.15. The first-order chi connectivity index (χ1) is 8.83. The number of aromatic amines is 1. The average molecular weight is 245 g/mol. The molecule has 3 nitrogen and oxygen atoms in total. The molecule has 1 aliphatic heterocycles. The molecule has 0 spiro atoms. The number of rotatable bonds is 2. The predicted molar refractivity (Wildman–Crippen MR) is 70.0 cm³/mol. The van der Waals surface area contributed by atoms with Gasteiger partial charge in [0.15, 0.2) is 5.82 Å². The molecule has 0 amide bonds. The summed E-state index contributed by atoms with van der Waals surface area (Å²) < 4.78 is 12.9. The molecule has 0 bridgehead atoms. The molecule has 1 N–H and O–H groups in total. The second-order valence-corrected chi connectivity index (χ2v) is 4.69. The van der Waals surface area contributed by atoms with Crippen LogP contribution < -0.4 is 4.90 Å². The molecule has 1 aliphatic rings. The SMILES string of the molecule is Fc1ccc(-c2cc(N3CCCCC3)n[nH]2)cc1. The van der Waals surface area contributed by atoms with E-state index in [0.29, 0.717) is 0 Å². The number of nitrogens with zero attached hydrogens (tertiary/aromatic N) is 2. The van der Waals surface area contributed by atoms with Crippen molar-refractivity contribution in [1.82, 2.24) is 10.2 Å². The highest BCUT2D eigenvalue weighted by atomic mass is 19.1. The lowest BCUT2D eigenvalue weighted by Crippen LogP contribution is -2.29. The first-order valence-corrected chi connectivity index (χ1v) is 6.39. The van der Waals surface area contributed by atoms with Crippen molar-refractivity contribution in [3.05, 3.63) is 36.1 Å². The summed E-state index contributed by atoms with van der Waals surface area (Å²) in [4.78, 5) is 2.30. The minimum absolute atomic E-state index is 0.213. The summed E-state index contributed by atoms with van der Waals surface area (Å²) in [5.41, 5.74) is 1.91. The van der Waals surface area contributed by atoms with Crippen LogP contribution in [-0.2, 0) is 0 Å². The van der Waals surface area contributed by atoms with Crippen molar-refractivity contribution in [3.8, 4) is 11.3 Å². The molecule has 1 aromatic carbocycles. The van der Waals surface area contributed by atoms with E-state index in [9.17, 15) is 4.39 Å². The summed E-state index contributed by atoms with van der Waals surface area (Å²) in [5, 5.41) is 7.37. The van der Waals surface area contributed by atoms with Crippen LogP contribution in [0.5, 0.6) is 0 Å². The predicted octanol–water partition coefficient (Wildman–Crippen LogP) is 3.21. The van der Waals surface area contributed by atoms with E-state index in [4.69, 9.17) is 0 Å². The second kappa shape index (κ2) is 4.80. The summed E-state index contributed by atoms with van der Waals surface area (Å²) >= 11 is 0. The molecule has 2 aromatic rings. The number of aromatic nitrogens is 2. The number of hydrogen-bond donors (Lipinski definition) is 1. The third kappa shape index (κ3) is 2.23. The van der Waals surface area contributed by atoms with E-state index in [1.807, 2.05) is 6.07 Å².